The summed E-state index contributed by atoms with van der Waals surface area (Å²) in [6, 6.07) is 0. The summed E-state index contributed by atoms with van der Waals surface area (Å²) in [5, 5.41) is 3.76. The van der Waals surface area contributed by atoms with E-state index in [-0.39, 0.29) is 12.0 Å². The Morgan fingerprint density at radius 2 is 1.89 bits per heavy atom. The van der Waals surface area contributed by atoms with Crippen molar-refractivity contribution in [2.24, 2.45) is 0 Å². The van der Waals surface area contributed by atoms with Crippen molar-refractivity contribution in [2.45, 2.75) is 46.6 Å². The lowest BCUT2D eigenvalue weighted by molar-refractivity contribution is 0.0870. The number of aromatic nitrogens is 2. The summed E-state index contributed by atoms with van der Waals surface area (Å²) in [4.78, 5) is 8.76. The first-order valence-corrected chi connectivity index (χ1v) is 6.69. The van der Waals surface area contributed by atoms with Crippen LogP contribution in [0.4, 0.5) is 5.82 Å². The van der Waals surface area contributed by atoms with E-state index in [0.717, 1.165) is 17.2 Å². The Balaban J connectivity index is 2.69. The molecule has 0 aliphatic heterocycles. The van der Waals surface area contributed by atoms with Gasteiger partial charge < -0.3 is 10.1 Å². The number of ether oxygens (including phenoxy) is 1. The van der Waals surface area contributed by atoms with Crippen molar-refractivity contribution in [1.82, 2.24) is 9.97 Å². The maximum atomic E-state index is 6.10. The molecule has 0 radical (unpaired) electrons. The van der Waals surface area contributed by atoms with Crippen LogP contribution < -0.4 is 5.32 Å². The average Bonchev–Trinajstić information content (AvgIpc) is 2.28. The van der Waals surface area contributed by atoms with Crippen LogP contribution in [0.25, 0.3) is 0 Å². The fourth-order valence-corrected chi connectivity index (χ4v) is 1.58. The molecule has 1 aromatic heterocycles. The number of rotatable bonds is 6. The first kappa shape index (κ1) is 15.2. The van der Waals surface area contributed by atoms with E-state index in [2.05, 4.69) is 15.3 Å². The molecule has 0 spiro atoms. The number of anilines is 1. The number of nitrogens with zero attached hydrogens (tertiary/aromatic N) is 2. The molecule has 0 bridgehead atoms. The van der Waals surface area contributed by atoms with Crippen molar-refractivity contribution in [3.8, 4) is 0 Å². The molecule has 0 amide bonds. The Hall–Kier alpha value is -0.870. The number of halogens is 1. The number of hydrogen-bond acceptors (Lipinski definition) is 4. The zero-order valence-electron chi connectivity index (χ0n) is 11.7. The minimum Gasteiger partial charge on any atom is -0.377 e. The van der Waals surface area contributed by atoms with Gasteiger partial charge >= 0.3 is 0 Å². The Kier molecular flexibility index (Phi) is 5.82. The van der Waals surface area contributed by atoms with E-state index in [0.29, 0.717) is 18.3 Å². The minimum atomic E-state index is 0.244. The van der Waals surface area contributed by atoms with Crippen molar-refractivity contribution in [2.75, 3.05) is 18.5 Å². The van der Waals surface area contributed by atoms with Crippen LogP contribution in [0.15, 0.2) is 0 Å². The van der Waals surface area contributed by atoms with Crippen LogP contribution in [-0.2, 0) is 4.74 Å². The lowest BCUT2D eigenvalue weighted by Crippen LogP contribution is -2.15. The second kappa shape index (κ2) is 6.90. The summed E-state index contributed by atoms with van der Waals surface area (Å²) in [6.07, 6.45) is 0.244. The van der Waals surface area contributed by atoms with E-state index < -0.39 is 0 Å². The van der Waals surface area contributed by atoms with Crippen LogP contribution in [0.3, 0.4) is 0 Å². The summed E-state index contributed by atoms with van der Waals surface area (Å²) in [6.45, 7) is 11.4. The molecule has 0 aliphatic carbocycles. The number of hydrogen-bond donors (Lipinski definition) is 1. The van der Waals surface area contributed by atoms with Crippen molar-refractivity contribution in [3.63, 3.8) is 0 Å². The van der Waals surface area contributed by atoms with Crippen LogP contribution in [0, 0.1) is 6.92 Å². The van der Waals surface area contributed by atoms with Gasteiger partial charge in [-0.25, -0.2) is 9.97 Å². The maximum Gasteiger partial charge on any atom is 0.137 e. The highest BCUT2D eigenvalue weighted by Crippen LogP contribution is 2.22. The van der Waals surface area contributed by atoms with Crippen LogP contribution in [-0.4, -0.2) is 29.2 Å². The predicted molar refractivity (Wildman–Crippen MR) is 75.4 cm³/mol. The van der Waals surface area contributed by atoms with Gasteiger partial charge in [0.25, 0.3) is 0 Å². The van der Waals surface area contributed by atoms with Gasteiger partial charge in [0.15, 0.2) is 0 Å². The van der Waals surface area contributed by atoms with Gasteiger partial charge in [0.2, 0.25) is 0 Å². The lowest BCUT2D eigenvalue weighted by Gasteiger charge is -2.13. The molecular formula is C13H22ClN3O. The fraction of sp³-hybridized carbons (Fsp3) is 0.692. The Labute approximate surface area is 114 Å². The largest absolute Gasteiger partial charge is 0.377 e. The highest BCUT2D eigenvalue weighted by Gasteiger charge is 2.11. The van der Waals surface area contributed by atoms with E-state index in [1.165, 1.54) is 0 Å². The third-order valence-electron chi connectivity index (χ3n) is 2.47. The SMILES string of the molecule is Cc1c(Cl)nc(C(C)C)nc1NCCOC(C)C. The average molecular weight is 272 g/mol. The molecule has 1 aromatic rings. The van der Waals surface area contributed by atoms with E-state index >= 15 is 0 Å². The molecule has 0 fully saturated rings. The molecule has 1 heterocycles. The Morgan fingerprint density at radius 3 is 2.44 bits per heavy atom. The van der Waals surface area contributed by atoms with Gasteiger partial charge in [0, 0.05) is 18.0 Å². The Morgan fingerprint density at radius 1 is 1.22 bits per heavy atom. The summed E-state index contributed by atoms with van der Waals surface area (Å²) in [7, 11) is 0. The molecule has 0 atom stereocenters. The van der Waals surface area contributed by atoms with Crippen molar-refractivity contribution in [1.29, 1.82) is 0 Å². The van der Waals surface area contributed by atoms with Crippen molar-refractivity contribution < 1.29 is 4.74 Å². The van der Waals surface area contributed by atoms with Gasteiger partial charge in [-0.1, -0.05) is 25.4 Å². The van der Waals surface area contributed by atoms with Gasteiger partial charge in [0.05, 0.1) is 12.7 Å². The van der Waals surface area contributed by atoms with Crippen molar-refractivity contribution >= 4 is 17.4 Å². The minimum absolute atomic E-state index is 0.244. The summed E-state index contributed by atoms with van der Waals surface area (Å²) < 4.78 is 5.47. The normalized spacial score (nSPS) is 11.3. The van der Waals surface area contributed by atoms with E-state index in [1.807, 2.05) is 34.6 Å². The van der Waals surface area contributed by atoms with Crippen LogP contribution in [0.2, 0.25) is 5.15 Å². The molecule has 0 aliphatic rings. The topological polar surface area (TPSA) is 47.0 Å². The predicted octanol–water partition coefficient (Wildman–Crippen LogP) is 3.40. The van der Waals surface area contributed by atoms with Crippen LogP contribution in [0.1, 0.15) is 45.0 Å². The third kappa shape index (κ3) is 4.42. The highest BCUT2D eigenvalue weighted by atomic mass is 35.5. The highest BCUT2D eigenvalue weighted by molar-refractivity contribution is 6.30. The monoisotopic (exact) mass is 271 g/mol. The quantitative estimate of drug-likeness (QED) is 0.636. The first-order chi connectivity index (χ1) is 8.41. The van der Waals surface area contributed by atoms with Crippen molar-refractivity contribution in [3.05, 3.63) is 16.5 Å². The summed E-state index contributed by atoms with van der Waals surface area (Å²) in [5.74, 6) is 1.82. The molecule has 0 aromatic carbocycles. The first-order valence-electron chi connectivity index (χ1n) is 6.31. The van der Waals surface area contributed by atoms with Crippen LogP contribution >= 0.6 is 11.6 Å². The van der Waals surface area contributed by atoms with E-state index in [4.69, 9.17) is 16.3 Å². The Bertz CT molecular complexity index is 394. The summed E-state index contributed by atoms with van der Waals surface area (Å²) in [5.41, 5.74) is 0.880. The zero-order valence-corrected chi connectivity index (χ0v) is 12.5. The number of nitrogens with one attached hydrogen (secondary N) is 1. The smallest absolute Gasteiger partial charge is 0.137 e. The molecule has 0 saturated carbocycles. The standard InChI is InChI=1S/C13H22ClN3O/c1-8(2)12-16-11(14)10(5)13(17-12)15-6-7-18-9(3)4/h8-9H,6-7H2,1-5H3,(H,15,16,17). The van der Waals surface area contributed by atoms with E-state index in [9.17, 15) is 0 Å². The van der Waals surface area contributed by atoms with E-state index in [1.54, 1.807) is 0 Å². The molecule has 1 rings (SSSR count). The summed E-state index contributed by atoms with van der Waals surface area (Å²) >= 11 is 6.10. The molecule has 0 saturated heterocycles. The van der Waals surface area contributed by atoms with Gasteiger partial charge in [-0.05, 0) is 20.8 Å². The second-order valence-corrected chi connectivity index (χ2v) is 5.21. The van der Waals surface area contributed by atoms with Gasteiger partial charge in [-0.2, -0.15) is 0 Å². The van der Waals surface area contributed by atoms with Gasteiger partial charge in [0.1, 0.15) is 16.8 Å². The second-order valence-electron chi connectivity index (χ2n) is 4.85. The molecule has 0 unspecified atom stereocenters. The lowest BCUT2D eigenvalue weighted by atomic mass is 10.2. The maximum absolute atomic E-state index is 6.10. The molecule has 18 heavy (non-hydrogen) atoms. The molecule has 102 valence electrons. The zero-order chi connectivity index (χ0) is 13.7. The molecule has 1 N–H and O–H groups in total. The third-order valence-corrected chi connectivity index (χ3v) is 2.83. The van der Waals surface area contributed by atoms with Gasteiger partial charge in [-0.3, -0.25) is 0 Å². The molecule has 5 heteroatoms. The fourth-order valence-electron chi connectivity index (χ4n) is 1.40. The van der Waals surface area contributed by atoms with Gasteiger partial charge in [-0.15, -0.1) is 0 Å². The molecule has 4 nitrogen and oxygen atoms in total. The van der Waals surface area contributed by atoms with Crippen LogP contribution in [0.5, 0.6) is 0 Å². The molecular weight excluding hydrogens is 250 g/mol.